The summed E-state index contributed by atoms with van der Waals surface area (Å²) in [4.78, 5) is 20.1. The van der Waals surface area contributed by atoms with Crippen molar-refractivity contribution in [2.45, 2.75) is 61.7 Å². The zero-order valence-corrected chi connectivity index (χ0v) is 20.1. The minimum Gasteiger partial charge on any atom is -0.465 e. The molecule has 172 valence electrons. The summed E-state index contributed by atoms with van der Waals surface area (Å²) in [7, 11) is 0. The number of likely N-dealkylation sites (tertiary alicyclic amines) is 1. The molecule has 0 amide bonds. The van der Waals surface area contributed by atoms with Crippen LogP contribution in [0.25, 0.3) is 0 Å². The Kier molecular flexibility index (Phi) is 8.52. The number of nitrogens with zero attached hydrogens (tertiary/aromatic N) is 2. The van der Waals surface area contributed by atoms with E-state index in [0.29, 0.717) is 6.61 Å². The van der Waals surface area contributed by atoms with Gasteiger partial charge in [-0.05, 0) is 63.0 Å². The summed E-state index contributed by atoms with van der Waals surface area (Å²) in [6.45, 7) is 6.72. The van der Waals surface area contributed by atoms with Crippen LogP contribution in [0.3, 0.4) is 0 Å². The predicted octanol–water partition coefficient (Wildman–Crippen LogP) is 6.51. The number of carbonyl (C=O) groups is 1. The van der Waals surface area contributed by atoms with Crippen LogP contribution in [-0.4, -0.2) is 43.7 Å². The van der Waals surface area contributed by atoms with E-state index < -0.39 is 0 Å². The van der Waals surface area contributed by atoms with Gasteiger partial charge in [0.15, 0.2) is 0 Å². The first-order valence-corrected chi connectivity index (χ1v) is 13.1. The second-order valence-corrected chi connectivity index (χ2v) is 9.99. The molecule has 2 aliphatic heterocycles. The van der Waals surface area contributed by atoms with E-state index in [1.807, 2.05) is 11.8 Å². The summed E-state index contributed by atoms with van der Waals surface area (Å²) in [5.74, 6) is 0.0601. The largest absolute Gasteiger partial charge is 0.465 e. The molecule has 4 rings (SSSR count). The highest BCUT2D eigenvalue weighted by atomic mass is 32.2. The lowest BCUT2D eigenvalue weighted by atomic mass is 9.98. The third kappa shape index (κ3) is 5.87. The highest BCUT2D eigenvalue weighted by molar-refractivity contribution is 7.99. The van der Waals surface area contributed by atoms with E-state index in [4.69, 9.17) is 4.74 Å². The van der Waals surface area contributed by atoms with Gasteiger partial charge >= 0.3 is 5.97 Å². The molecule has 1 saturated heterocycles. The monoisotopic (exact) mass is 452 g/mol. The predicted molar refractivity (Wildman–Crippen MR) is 133 cm³/mol. The van der Waals surface area contributed by atoms with Crippen molar-refractivity contribution < 1.29 is 9.53 Å². The lowest BCUT2D eigenvalue weighted by Gasteiger charge is -2.35. The Balaban J connectivity index is 1.28. The van der Waals surface area contributed by atoms with Gasteiger partial charge in [-0.3, -0.25) is 4.79 Å². The summed E-state index contributed by atoms with van der Waals surface area (Å²) in [6.07, 6.45) is 7.70. The smallest absolute Gasteiger partial charge is 0.310 e. The van der Waals surface area contributed by atoms with E-state index in [0.717, 1.165) is 58.3 Å². The average Bonchev–Trinajstić information content (AvgIpc) is 2.83. The number of esters is 1. The number of hydrogen-bond acceptors (Lipinski definition) is 5. The molecule has 4 nitrogen and oxygen atoms in total. The van der Waals surface area contributed by atoms with Gasteiger partial charge in [0.1, 0.15) is 0 Å². The molecule has 32 heavy (non-hydrogen) atoms. The molecule has 0 saturated carbocycles. The fraction of sp³-hybridized carbons (Fsp3) is 0.519. The van der Waals surface area contributed by atoms with Crippen LogP contribution in [-0.2, 0) is 9.53 Å². The first kappa shape index (κ1) is 23.2. The van der Waals surface area contributed by atoms with Gasteiger partial charge in [0.05, 0.1) is 23.9 Å². The zero-order chi connectivity index (χ0) is 22.2. The minimum atomic E-state index is 0.0158. The molecule has 0 radical (unpaired) electrons. The number of benzene rings is 2. The number of para-hydroxylation sites is 2. The summed E-state index contributed by atoms with van der Waals surface area (Å²) in [6, 6.07) is 17.4. The number of carbonyl (C=O) groups excluding carboxylic acids is 1. The molecule has 0 aromatic heterocycles. The van der Waals surface area contributed by atoms with Crippen LogP contribution in [0.5, 0.6) is 0 Å². The van der Waals surface area contributed by atoms with Crippen LogP contribution < -0.4 is 4.90 Å². The van der Waals surface area contributed by atoms with Crippen molar-refractivity contribution >= 4 is 29.1 Å². The van der Waals surface area contributed by atoms with Crippen LogP contribution in [0.4, 0.5) is 11.4 Å². The minimum absolute atomic E-state index is 0.0158. The van der Waals surface area contributed by atoms with Gasteiger partial charge < -0.3 is 14.5 Å². The topological polar surface area (TPSA) is 32.8 Å². The molecule has 2 aliphatic rings. The second kappa shape index (κ2) is 11.8. The van der Waals surface area contributed by atoms with E-state index in [1.165, 1.54) is 34.0 Å². The van der Waals surface area contributed by atoms with Crippen LogP contribution in [0.2, 0.25) is 0 Å². The SMILES string of the molecule is CCCCCCOC(=O)C1CCCN(CCCN2c3ccccc3Sc3ccccc32)C1. The molecule has 0 N–H and O–H groups in total. The normalized spacial score (nSPS) is 18.2. The molecular weight excluding hydrogens is 416 g/mol. The Labute approximate surface area is 197 Å². The Morgan fingerprint density at radius 3 is 2.41 bits per heavy atom. The molecule has 0 spiro atoms. The van der Waals surface area contributed by atoms with Crippen molar-refractivity contribution in [1.29, 1.82) is 0 Å². The van der Waals surface area contributed by atoms with Gasteiger partial charge in [0.2, 0.25) is 0 Å². The van der Waals surface area contributed by atoms with Gasteiger partial charge in [-0.15, -0.1) is 0 Å². The number of unbranched alkanes of at least 4 members (excludes halogenated alkanes) is 3. The highest BCUT2D eigenvalue weighted by Crippen LogP contribution is 2.47. The maximum absolute atomic E-state index is 12.5. The van der Waals surface area contributed by atoms with Crippen molar-refractivity contribution in [3.05, 3.63) is 48.5 Å². The number of anilines is 2. The quantitative estimate of drug-likeness (QED) is 0.303. The molecule has 0 aliphatic carbocycles. The van der Waals surface area contributed by atoms with Crippen molar-refractivity contribution in [2.75, 3.05) is 37.7 Å². The van der Waals surface area contributed by atoms with Gasteiger partial charge in [-0.2, -0.15) is 0 Å². The molecule has 1 unspecified atom stereocenters. The molecule has 1 fully saturated rings. The molecule has 0 bridgehead atoms. The van der Waals surface area contributed by atoms with Crippen LogP contribution in [0.1, 0.15) is 51.9 Å². The lowest BCUT2D eigenvalue weighted by molar-refractivity contribution is -0.150. The molecule has 5 heteroatoms. The van der Waals surface area contributed by atoms with E-state index in [-0.39, 0.29) is 11.9 Å². The number of rotatable bonds is 10. The number of hydrogen-bond donors (Lipinski definition) is 0. The lowest BCUT2D eigenvalue weighted by Crippen LogP contribution is -2.40. The average molecular weight is 453 g/mol. The number of fused-ring (bicyclic) bond motifs is 2. The van der Waals surface area contributed by atoms with E-state index in [2.05, 4.69) is 65.3 Å². The maximum atomic E-state index is 12.5. The van der Waals surface area contributed by atoms with Crippen LogP contribution in [0.15, 0.2) is 58.3 Å². The maximum Gasteiger partial charge on any atom is 0.310 e. The summed E-state index contributed by atoms with van der Waals surface area (Å²) >= 11 is 1.86. The number of ether oxygens (including phenoxy) is 1. The zero-order valence-electron chi connectivity index (χ0n) is 19.3. The van der Waals surface area contributed by atoms with Gasteiger partial charge in [-0.1, -0.05) is 62.2 Å². The first-order valence-electron chi connectivity index (χ1n) is 12.3. The third-order valence-electron chi connectivity index (χ3n) is 6.47. The first-order chi connectivity index (χ1) is 15.8. The third-order valence-corrected chi connectivity index (χ3v) is 7.60. The molecule has 2 aromatic carbocycles. The molecular formula is C27H36N2O2S. The summed E-state index contributed by atoms with van der Waals surface area (Å²) in [5, 5.41) is 0. The highest BCUT2D eigenvalue weighted by Gasteiger charge is 2.27. The fourth-order valence-corrected chi connectivity index (χ4v) is 5.84. The van der Waals surface area contributed by atoms with Gasteiger partial charge in [0, 0.05) is 22.9 Å². The van der Waals surface area contributed by atoms with Crippen molar-refractivity contribution in [2.24, 2.45) is 5.92 Å². The van der Waals surface area contributed by atoms with E-state index in [9.17, 15) is 4.79 Å². The molecule has 1 atom stereocenters. The van der Waals surface area contributed by atoms with Crippen LogP contribution in [0, 0.1) is 5.92 Å². The standard InChI is InChI=1S/C27H36N2O2S/c1-2-3-4-9-20-31-27(30)22-12-10-17-28(21-22)18-11-19-29-23-13-5-7-15-25(23)32-26-16-8-6-14-24(26)29/h5-8,13-16,22H,2-4,9-12,17-21H2,1H3. The van der Waals surface area contributed by atoms with Crippen molar-refractivity contribution in [3.63, 3.8) is 0 Å². The van der Waals surface area contributed by atoms with Crippen LogP contribution >= 0.6 is 11.8 Å². The molecule has 2 aromatic rings. The number of piperidine rings is 1. The Bertz CT molecular complexity index is 842. The van der Waals surface area contributed by atoms with E-state index >= 15 is 0 Å². The van der Waals surface area contributed by atoms with Gasteiger partial charge in [-0.25, -0.2) is 0 Å². The summed E-state index contributed by atoms with van der Waals surface area (Å²) in [5.41, 5.74) is 2.61. The Morgan fingerprint density at radius 1 is 0.969 bits per heavy atom. The fourth-order valence-electron chi connectivity index (χ4n) is 4.74. The van der Waals surface area contributed by atoms with Gasteiger partial charge in [0.25, 0.3) is 0 Å². The van der Waals surface area contributed by atoms with Crippen molar-refractivity contribution in [3.8, 4) is 0 Å². The second-order valence-electron chi connectivity index (χ2n) is 8.91. The Morgan fingerprint density at radius 2 is 1.69 bits per heavy atom. The molecule has 2 heterocycles. The van der Waals surface area contributed by atoms with Crippen molar-refractivity contribution in [1.82, 2.24) is 4.90 Å². The van der Waals surface area contributed by atoms with E-state index in [1.54, 1.807) is 0 Å². The Hall–Kier alpha value is -1.98. The summed E-state index contributed by atoms with van der Waals surface area (Å²) < 4.78 is 5.58.